The molecule has 4 atom stereocenters. The third kappa shape index (κ3) is 1.80. The molecule has 3 rings (SSSR count). The van der Waals surface area contributed by atoms with Gasteiger partial charge in [0.2, 0.25) is 0 Å². The molecule has 3 N–H and O–H groups in total. The van der Waals surface area contributed by atoms with Crippen molar-refractivity contribution in [3.05, 3.63) is 17.8 Å². The smallest absolute Gasteiger partial charge is 0.168 e. The summed E-state index contributed by atoms with van der Waals surface area (Å²) in [6, 6.07) is 0. The van der Waals surface area contributed by atoms with Crippen molar-refractivity contribution in [1.29, 1.82) is 0 Å². The number of halogens is 1. The summed E-state index contributed by atoms with van der Waals surface area (Å²) in [5.74, 6) is 0. The van der Waals surface area contributed by atoms with Gasteiger partial charge in [-0.2, -0.15) is 0 Å². The van der Waals surface area contributed by atoms with E-state index in [2.05, 4.69) is 15.0 Å². The second-order valence-corrected chi connectivity index (χ2v) is 5.23. The van der Waals surface area contributed by atoms with E-state index in [1.807, 2.05) is 0 Å². The Bertz CT molecular complexity index is 646. The standard InChI is InChI=1S/C11H13ClN4O4/c1-11(19)7(18)5(2-17)20-10(11)16-4-15-6-8(12)13-3-14-9(6)16/h3-5,7,10,17-19H,2H2,1H3/t5?,7?,10?,11-/m1/s1. The summed E-state index contributed by atoms with van der Waals surface area (Å²) in [6.45, 7) is 1.02. The minimum absolute atomic E-state index is 0.186. The van der Waals surface area contributed by atoms with Gasteiger partial charge in [-0.3, -0.25) is 4.57 Å². The van der Waals surface area contributed by atoms with E-state index in [0.717, 1.165) is 0 Å². The molecule has 108 valence electrons. The van der Waals surface area contributed by atoms with Crippen LogP contribution in [-0.4, -0.2) is 59.3 Å². The van der Waals surface area contributed by atoms with Crippen molar-refractivity contribution < 1.29 is 20.1 Å². The molecule has 0 radical (unpaired) electrons. The van der Waals surface area contributed by atoms with Gasteiger partial charge in [0, 0.05) is 0 Å². The third-order valence-corrected chi connectivity index (χ3v) is 3.78. The second-order valence-electron chi connectivity index (χ2n) is 4.87. The topological polar surface area (TPSA) is 114 Å². The lowest BCUT2D eigenvalue weighted by Gasteiger charge is -2.27. The van der Waals surface area contributed by atoms with Gasteiger partial charge in [0.25, 0.3) is 0 Å². The molecule has 3 unspecified atom stereocenters. The summed E-state index contributed by atoms with van der Waals surface area (Å²) in [7, 11) is 0. The zero-order valence-electron chi connectivity index (χ0n) is 10.5. The first-order chi connectivity index (χ1) is 9.46. The highest BCUT2D eigenvalue weighted by Gasteiger charge is 2.53. The number of hydrogen-bond acceptors (Lipinski definition) is 7. The zero-order chi connectivity index (χ0) is 14.5. The van der Waals surface area contributed by atoms with Crippen LogP contribution in [0.1, 0.15) is 13.2 Å². The Labute approximate surface area is 118 Å². The Morgan fingerprint density at radius 3 is 2.85 bits per heavy atom. The molecule has 20 heavy (non-hydrogen) atoms. The van der Waals surface area contributed by atoms with Crippen LogP contribution in [0.15, 0.2) is 12.7 Å². The molecule has 0 saturated carbocycles. The fourth-order valence-electron chi connectivity index (χ4n) is 2.39. The van der Waals surface area contributed by atoms with Gasteiger partial charge in [0.1, 0.15) is 29.7 Å². The maximum Gasteiger partial charge on any atom is 0.168 e. The summed E-state index contributed by atoms with van der Waals surface area (Å²) in [6.07, 6.45) is -0.383. The van der Waals surface area contributed by atoms with Gasteiger partial charge in [-0.25, -0.2) is 15.0 Å². The first-order valence-electron chi connectivity index (χ1n) is 5.96. The Hall–Kier alpha value is -1.32. The quantitative estimate of drug-likeness (QED) is 0.640. The summed E-state index contributed by atoms with van der Waals surface area (Å²) in [5.41, 5.74) is -0.852. The average molecular weight is 301 g/mol. The van der Waals surface area contributed by atoms with Crippen molar-refractivity contribution in [1.82, 2.24) is 19.5 Å². The van der Waals surface area contributed by atoms with Gasteiger partial charge in [-0.1, -0.05) is 11.6 Å². The van der Waals surface area contributed by atoms with Gasteiger partial charge < -0.3 is 20.1 Å². The number of aliphatic hydroxyl groups is 3. The highest BCUT2D eigenvalue weighted by molar-refractivity contribution is 6.33. The molecule has 0 spiro atoms. The van der Waals surface area contributed by atoms with Crippen LogP contribution >= 0.6 is 11.6 Å². The molecule has 1 aliphatic heterocycles. The van der Waals surface area contributed by atoms with Crippen LogP contribution in [0.25, 0.3) is 11.2 Å². The van der Waals surface area contributed by atoms with E-state index in [4.69, 9.17) is 16.3 Å². The number of rotatable bonds is 2. The number of imidazole rings is 1. The highest BCUT2D eigenvalue weighted by atomic mass is 35.5. The SMILES string of the molecule is C[C@@]1(O)C(O)C(CO)OC1n1cnc2c(Cl)ncnc21. The van der Waals surface area contributed by atoms with Gasteiger partial charge >= 0.3 is 0 Å². The third-order valence-electron chi connectivity index (χ3n) is 3.50. The van der Waals surface area contributed by atoms with Crippen LogP contribution in [0.2, 0.25) is 5.15 Å². The summed E-state index contributed by atoms with van der Waals surface area (Å²) in [5, 5.41) is 29.8. The summed E-state index contributed by atoms with van der Waals surface area (Å²) >= 11 is 5.91. The molecular weight excluding hydrogens is 288 g/mol. The molecule has 2 aromatic rings. The Balaban J connectivity index is 2.10. The van der Waals surface area contributed by atoms with E-state index in [1.165, 1.54) is 24.1 Å². The van der Waals surface area contributed by atoms with E-state index in [1.54, 1.807) is 0 Å². The molecule has 2 aromatic heterocycles. The molecule has 1 aliphatic rings. The van der Waals surface area contributed by atoms with Gasteiger partial charge in [-0.05, 0) is 6.92 Å². The predicted molar refractivity (Wildman–Crippen MR) is 68.0 cm³/mol. The monoisotopic (exact) mass is 300 g/mol. The lowest BCUT2D eigenvalue weighted by Crippen LogP contribution is -2.44. The fraction of sp³-hybridized carbons (Fsp3) is 0.545. The second kappa shape index (κ2) is 4.61. The molecule has 0 aromatic carbocycles. The van der Waals surface area contributed by atoms with E-state index in [-0.39, 0.29) is 5.15 Å². The molecule has 3 heterocycles. The van der Waals surface area contributed by atoms with E-state index >= 15 is 0 Å². The van der Waals surface area contributed by atoms with Crippen molar-refractivity contribution in [2.75, 3.05) is 6.61 Å². The molecule has 0 aliphatic carbocycles. The molecule has 8 nitrogen and oxygen atoms in total. The first-order valence-corrected chi connectivity index (χ1v) is 6.34. The lowest BCUT2D eigenvalue weighted by atomic mass is 9.96. The van der Waals surface area contributed by atoms with Crippen LogP contribution in [0.4, 0.5) is 0 Å². The maximum absolute atomic E-state index is 10.4. The van der Waals surface area contributed by atoms with Crippen LogP contribution in [0.5, 0.6) is 0 Å². The van der Waals surface area contributed by atoms with E-state index < -0.39 is 30.6 Å². The van der Waals surface area contributed by atoms with Crippen LogP contribution < -0.4 is 0 Å². The average Bonchev–Trinajstić information content (AvgIpc) is 2.92. The maximum atomic E-state index is 10.4. The molecule has 1 fully saturated rings. The number of nitrogens with zero attached hydrogens (tertiary/aromatic N) is 4. The minimum Gasteiger partial charge on any atom is -0.394 e. The lowest BCUT2D eigenvalue weighted by molar-refractivity contribution is -0.0950. The Kier molecular flexibility index (Phi) is 3.14. The van der Waals surface area contributed by atoms with E-state index in [9.17, 15) is 15.3 Å². The number of fused-ring (bicyclic) bond motifs is 1. The van der Waals surface area contributed by atoms with E-state index in [0.29, 0.717) is 11.2 Å². The van der Waals surface area contributed by atoms with Crippen molar-refractivity contribution in [3.8, 4) is 0 Å². The van der Waals surface area contributed by atoms with Gasteiger partial charge in [0.15, 0.2) is 17.0 Å². The molecule has 0 amide bonds. The minimum atomic E-state index is -1.60. The van der Waals surface area contributed by atoms with Crippen LogP contribution in [0.3, 0.4) is 0 Å². The van der Waals surface area contributed by atoms with Crippen LogP contribution in [0, 0.1) is 0 Å². The Morgan fingerprint density at radius 2 is 2.20 bits per heavy atom. The fourth-order valence-corrected chi connectivity index (χ4v) is 2.56. The van der Waals surface area contributed by atoms with Crippen molar-refractivity contribution in [3.63, 3.8) is 0 Å². The number of hydrogen-bond donors (Lipinski definition) is 3. The summed E-state index contributed by atoms with van der Waals surface area (Å²) in [4.78, 5) is 11.9. The predicted octanol–water partition coefficient (Wildman–Crippen LogP) is -0.519. The first kappa shape index (κ1) is 13.7. The number of aromatic nitrogens is 4. The van der Waals surface area contributed by atoms with Crippen molar-refractivity contribution in [2.24, 2.45) is 0 Å². The molecule has 1 saturated heterocycles. The Morgan fingerprint density at radius 1 is 1.45 bits per heavy atom. The van der Waals surface area contributed by atoms with Gasteiger partial charge in [-0.15, -0.1) is 0 Å². The highest BCUT2D eigenvalue weighted by Crippen LogP contribution is 2.39. The molecule has 0 bridgehead atoms. The van der Waals surface area contributed by atoms with Crippen molar-refractivity contribution in [2.45, 2.75) is 31.0 Å². The molecular formula is C11H13ClN4O4. The number of ether oxygens (including phenoxy) is 1. The summed E-state index contributed by atoms with van der Waals surface area (Å²) < 4.78 is 6.96. The van der Waals surface area contributed by atoms with Crippen molar-refractivity contribution >= 4 is 22.8 Å². The molecule has 9 heteroatoms. The normalized spacial score (nSPS) is 34.0. The zero-order valence-corrected chi connectivity index (χ0v) is 11.3. The largest absolute Gasteiger partial charge is 0.394 e. The number of aliphatic hydroxyl groups excluding tert-OH is 2. The van der Waals surface area contributed by atoms with Gasteiger partial charge in [0.05, 0.1) is 12.9 Å². The van der Waals surface area contributed by atoms with Crippen LogP contribution in [-0.2, 0) is 4.74 Å².